The maximum absolute atomic E-state index is 13.6. The van der Waals surface area contributed by atoms with E-state index in [1.165, 1.54) is 0 Å². The van der Waals surface area contributed by atoms with Crippen LogP contribution < -0.4 is 11.1 Å². The van der Waals surface area contributed by atoms with Gasteiger partial charge in [-0.15, -0.1) is 0 Å². The Morgan fingerprint density at radius 2 is 1.86 bits per heavy atom. The zero-order valence-electron chi connectivity index (χ0n) is 10.9. The summed E-state index contributed by atoms with van der Waals surface area (Å²) in [5.74, 6) is -1.97. The van der Waals surface area contributed by atoms with Crippen LogP contribution in [0, 0.1) is 11.6 Å². The van der Waals surface area contributed by atoms with Gasteiger partial charge in [0.25, 0.3) is 0 Å². The zero-order chi connectivity index (χ0) is 15.4. The van der Waals surface area contributed by atoms with Gasteiger partial charge >= 0.3 is 0 Å². The highest BCUT2D eigenvalue weighted by Gasteiger charge is 2.17. The van der Waals surface area contributed by atoms with E-state index < -0.39 is 23.6 Å². The van der Waals surface area contributed by atoms with Crippen LogP contribution in [0.1, 0.15) is 5.56 Å². The summed E-state index contributed by atoms with van der Waals surface area (Å²) >= 11 is 2.87. The highest BCUT2D eigenvalue weighted by Crippen LogP contribution is 2.23. The van der Waals surface area contributed by atoms with E-state index in [1.807, 2.05) is 30.3 Å². The summed E-state index contributed by atoms with van der Waals surface area (Å²) in [6, 6.07) is 10.2. The normalized spacial score (nSPS) is 12.0. The molecule has 0 heterocycles. The maximum Gasteiger partial charge on any atom is 0.241 e. The molecule has 0 saturated carbocycles. The maximum atomic E-state index is 13.6. The third-order valence-electron chi connectivity index (χ3n) is 2.90. The second-order valence-corrected chi connectivity index (χ2v) is 5.39. The summed E-state index contributed by atoms with van der Waals surface area (Å²) in [4.78, 5) is 11.9. The van der Waals surface area contributed by atoms with Crippen molar-refractivity contribution in [2.75, 3.05) is 5.32 Å². The minimum atomic E-state index is -0.849. The summed E-state index contributed by atoms with van der Waals surface area (Å²) in [5.41, 5.74) is 6.44. The number of benzene rings is 2. The number of hydrogen-bond acceptors (Lipinski definition) is 2. The Kier molecular flexibility index (Phi) is 5.03. The van der Waals surface area contributed by atoms with Gasteiger partial charge in [0.2, 0.25) is 5.91 Å². The largest absolute Gasteiger partial charge is 0.322 e. The molecule has 0 saturated heterocycles. The van der Waals surface area contributed by atoms with E-state index in [4.69, 9.17) is 5.73 Å². The molecule has 3 N–H and O–H groups in total. The van der Waals surface area contributed by atoms with E-state index in [9.17, 15) is 13.6 Å². The Bertz CT molecular complexity index is 650. The SMILES string of the molecule is N[C@H](Cc1ccccc1)C(=O)Nc1cc(F)c(Br)cc1F. The Hall–Kier alpha value is -1.79. The van der Waals surface area contributed by atoms with E-state index in [0.717, 1.165) is 17.7 Å². The highest BCUT2D eigenvalue weighted by atomic mass is 79.9. The van der Waals surface area contributed by atoms with Crippen molar-refractivity contribution in [3.8, 4) is 0 Å². The molecule has 0 aliphatic rings. The lowest BCUT2D eigenvalue weighted by atomic mass is 10.1. The van der Waals surface area contributed by atoms with E-state index in [2.05, 4.69) is 21.2 Å². The monoisotopic (exact) mass is 354 g/mol. The molecule has 0 aliphatic carbocycles. The molecule has 1 atom stereocenters. The molecule has 1 amide bonds. The van der Waals surface area contributed by atoms with Gasteiger partial charge in [-0.3, -0.25) is 4.79 Å². The molecule has 0 spiro atoms. The van der Waals surface area contributed by atoms with Crippen molar-refractivity contribution >= 4 is 27.5 Å². The van der Waals surface area contributed by atoms with Crippen molar-refractivity contribution in [3.05, 3.63) is 64.1 Å². The minimum Gasteiger partial charge on any atom is -0.322 e. The van der Waals surface area contributed by atoms with E-state index >= 15 is 0 Å². The third-order valence-corrected chi connectivity index (χ3v) is 3.51. The lowest BCUT2D eigenvalue weighted by molar-refractivity contribution is -0.117. The van der Waals surface area contributed by atoms with Gasteiger partial charge in [-0.1, -0.05) is 30.3 Å². The molecule has 6 heteroatoms. The predicted octanol–water partition coefficient (Wildman–Crippen LogP) is 3.24. The van der Waals surface area contributed by atoms with Crippen LogP contribution in [-0.2, 0) is 11.2 Å². The smallest absolute Gasteiger partial charge is 0.241 e. The van der Waals surface area contributed by atoms with Crippen molar-refractivity contribution in [1.82, 2.24) is 0 Å². The standard InChI is InChI=1S/C15H13BrF2N2O/c16-10-7-12(18)14(8-11(10)17)20-15(21)13(19)6-9-4-2-1-3-5-9/h1-5,7-8,13H,6,19H2,(H,20,21)/t13-/m1/s1. The molecule has 2 rings (SSSR count). The number of carbonyl (C=O) groups excluding carboxylic acids is 1. The first kappa shape index (κ1) is 15.6. The van der Waals surface area contributed by atoms with E-state index in [-0.39, 0.29) is 10.2 Å². The predicted molar refractivity (Wildman–Crippen MR) is 80.8 cm³/mol. The Morgan fingerprint density at radius 1 is 1.19 bits per heavy atom. The van der Waals surface area contributed by atoms with Crippen molar-refractivity contribution < 1.29 is 13.6 Å². The molecule has 110 valence electrons. The van der Waals surface area contributed by atoms with Crippen molar-refractivity contribution in [2.24, 2.45) is 5.73 Å². The third kappa shape index (κ3) is 4.09. The summed E-state index contributed by atoms with van der Waals surface area (Å²) in [6.45, 7) is 0. The van der Waals surface area contributed by atoms with Crippen LogP contribution >= 0.6 is 15.9 Å². The van der Waals surface area contributed by atoms with E-state index in [0.29, 0.717) is 6.42 Å². The Labute approximate surface area is 129 Å². The number of anilines is 1. The van der Waals surface area contributed by atoms with Crippen LogP contribution in [0.3, 0.4) is 0 Å². The molecule has 2 aromatic carbocycles. The number of halogens is 3. The van der Waals surface area contributed by atoms with Crippen LogP contribution in [0.25, 0.3) is 0 Å². The molecular weight excluding hydrogens is 342 g/mol. The molecule has 0 fully saturated rings. The number of rotatable bonds is 4. The molecular formula is C15H13BrF2N2O. The highest BCUT2D eigenvalue weighted by molar-refractivity contribution is 9.10. The zero-order valence-corrected chi connectivity index (χ0v) is 12.5. The second kappa shape index (κ2) is 6.78. The fraction of sp³-hybridized carbons (Fsp3) is 0.133. The molecule has 0 radical (unpaired) electrons. The first-order chi connectivity index (χ1) is 9.97. The molecule has 0 aliphatic heterocycles. The summed E-state index contributed by atoms with van der Waals surface area (Å²) < 4.78 is 27.0. The lowest BCUT2D eigenvalue weighted by Crippen LogP contribution is -2.37. The van der Waals surface area contributed by atoms with E-state index in [1.54, 1.807) is 0 Å². The average molecular weight is 355 g/mol. The van der Waals surface area contributed by atoms with Gasteiger partial charge in [-0.25, -0.2) is 8.78 Å². The van der Waals surface area contributed by atoms with Gasteiger partial charge < -0.3 is 11.1 Å². The van der Waals surface area contributed by atoms with Crippen molar-refractivity contribution in [2.45, 2.75) is 12.5 Å². The number of nitrogens with one attached hydrogen (secondary N) is 1. The van der Waals surface area contributed by atoms with Crippen molar-refractivity contribution in [1.29, 1.82) is 0 Å². The lowest BCUT2D eigenvalue weighted by Gasteiger charge is -2.13. The van der Waals surface area contributed by atoms with Crippen LogP contribution in [0.4, 0.5) is 14.5 Å². The molecule has 21 heavy (non-hydrogen) atoms. The quantitative estimate of drug-likeness (QED) is 0.828. The van der Waals surface area contributed by atoms with Crippen LogP contribution in [0.2, 0.25) is 0 Å². The molecule has 3 nitrogen and oxygen atoms in total. The minimum absolute atomic E-state index is 0.00779. The van der Waals surface area contributed by atoms with Crippen molar-refractivity contribution in [3.63, 3.8) is 0 Å². The van der Waals surface area contributed by atoms with Gasteiger partial charge in [0.15, 0.2) is 0 Å². The van der Waals surface area contributed by atoms with Gasteiger partial charge in [0.1, 0.15) is 11.6 Å². The molecule has 0 aromatic heterocycles. The number of nitrogens with two attached hydrogens (primary N) is 1. The number of carbonyl (C=O) groups is 1. The van der Waals surface area contributed by atoms with Crippen LogP contribution in [0.5, 0.6) is 0 Å². The van der Waals surface area contributed by atoms with Gasteiger partial charge in [-0.05, 0) is 34.0 Å². The Balaban J connectivity index is 2.06. The average Bonchev–Trinajstić information content (AvgIpc) is 2.45. The van der Waals surface area contributed by atoms with Crippen LogP contribution in [0.15, 0.2) is 46.9 Å². The fourth-order valence-electron chi connectivity index (χ4n) is 1.80. The first-order valence-corrected chi connectivity index (χ1v) is 7.01. The number of amides is 1. The fourth-order valence-corrected chi connectivity index (χ4v) is 2.12. The van der Waals surface area contributed by atoms with Gasteiger partial charge in [0, 0.05) is 6.07 Å². The summed E-state index contributed by atoms with van der Waals surface area (Å²) in [6.07, 6.45) is 0.313. The Morgan fingerprint density at radius 3 is 2.52 bits per heavy atom. The molecule has 2 aromatic rings. The van der Waals surface area contributed by atoms with Gasteiger partial charge in [-0.2, -0.15) is 0 Å². The molecule has 0 bridgehead atoms. The summed E-state index contributed by atoms with van der Waals surface area (Å²) in [5, 5.41) is 2.30. The first-order valence-electron chi connectivity index (χ1n) is 6.22. The van der Waals surface area contributed by atoms with Crippen LogP contribution in [-0.4, -0.2) is 11.9 Å². The van der Waals surface area contributed by atoms with Gasteiger partial charge in [0.05, 0.1) is 16.2 Å². The topological polar surface area (TPSA) is 55.1 Å². The summed E-state index contributed by atoms with van der Waals surface area (Å²) in [7, 11) is 0. The second-order valence-electron chi connectivity index (χ2n) is 4.53. The number of hydrogen-bond donors (Lipinski definition) is 2. The molecule has 0 unspecified atom stereocenters.